The molecule has 0 unspecified atom stereocenters. The van der Waals surface area contributed by atoms with Crippen LogP contribution in [0.5, 0.6) is 23.0 Å². The van der Waals surface area contributed by atoms with Gasteiger partial charge in [0, 0.05) is 16.8 Å². The minimum Gasteiger partial charge on any atom is -0.458 e. The Morgan fingerprint density at radius 1 is 0.613 bits per heavy atom. The van der Waals surface area contributed by atoms with Crippen molar-refractivity contribution in [2.45, 2.75) is 20.8 Å². The summed E-state index contributed by atoms with van der Waals surface area (Å²) in [7, 11) is 0. The Kier molecular flexibility index (Phi) is 3.16. The predicted molar refractivity (Wildman–Crippen MR) is 127 cm³/mol. The Morgan fingerprint density at radius 2 is 1.06 bits per heavy atom. The standard InChI is InChI=1S/C27H20BNO2/c1-15-13-16(2)27(17(3)14-15)29-18-7-4-9-20-24(18)28-25-19(29)8-5-10-21(25)31-23-12-6-11-22(30-20)26(23)28/h4-14H,1-3H3. The first kappa shape index (κ1) is 17.1. The van der Waals surface area contributed by atoms with Crippen LogP contribution in [-0.4, -0.2) is 6.71 Å². The summed E-state index contributed by atoms with van der Waals surface area (Å²) < 4.78 is 12.8. The quantitative estimate of drug-likeness (QED) is 0.357. The van der Waals surface area contributed by atoms with Crippen molar-refractivity contribution in [3.8, 4) is 23.0 Å². The Hall–Kier alpha value is -3.66. The summed E-state index contributed by atoms with van der Waals surface area (Å²) in [4.78, 5) is 2.41. The van der Waals surface area contributed by atoms with Gasteiger partial charge < -0.3 is 14.4 Å². The van der Waals surface area contributed by atoms with E-state index in [0.717, 1.165) is 28.5 Å². The van der Waals surface area contributed by atoms with Crippen LogP contribution in [0.1, 0.15) is 16.7 Å². The zero-order valence-electron chi connectivity index (χ0n) is 17.7. The highest BCUT2D eigenvalue weighted by Gasteiger charge is 2.47. The van der Waals surface area contributed by atoms with Gasteiger partial charge in [0.2, 0.25) is 0 Å². The van der Waals surface area contributed by atoms with E-state index in [1.54, 1.807) is 0 Å². The number of nitrogens with zero attached hydrogens (tertiary/aromatic N) is 1. The first-order valence-corrected chi connectivity index (χ1v) is 10.7. The summed E-state index contributed by atoms with van der Waals surface area (Å²) >= 11 is 0. The van der Waals surface area contributed by atoms with Gasteiger partial charge in [0.1, 0.15) is 23.0 Å². The lowest BCUT2D eigenvalue weighted by Gasteiger charge is -2.43. The van der Waals surface area contributed by atoms with Crippen molar-refractivity contribution >= 4 is 40.2 Å². The van der Waals surface area contributed by atoms with Crippen LogP contribution in [0.3, 0.4) is 0 Å². The highest BCUT2D eigenvalue weighted by molar-refractivity contribution is 7.00. The fraction of sp³-hybridized carbons (Fsp3) is 0.111. The molecule has 0 aromatic heterocycles. The average molecular weight is 401 g/mol. The van der Waals surface area contributed by atoms with Crippen LogP contribution in [-0.2, 0) is 0 Å². The highest BCUT2D eigenvalue weighted by atomic mass is 16.5. The second-order valence-electron chi connectivity index (χ2n) is 8.77. The zero-order valence-corrected chi connectivity index (χ0v) is 17.7. The van der Waals surface area contributed by atoms with Gasteiger partial charge in [0.25, 0.3) is 6.71 Å². The smallest absolute Gasteiger partial charge is 0.266 e. The maximum Gasteiger partial charge on any atom is 0.266 e. The Morgan fingerprint density at radius 3 is 1.58 bits per heavy atom. The lowest BCUT2D eigenvalue weighted by atomic mass is 9.33. The largest absolute Gasteiger partial charge is 0.458 e. The third kappa shape index (κ3) is 2.09. The Labute approximate surface area is 181 Å². The maximum atomic E-state index is 6.41. The van der Waals surface area contributed by atoms with E-state index in [9.17, 15) is 0 Å². The third-order valence-electron chi connectivity index (χ3n) is 6.76. The molecule has 4 aromatic carbocycles. The summed E-state index contributed by atoms with van der Waals surface area (Å²) in [5.74, 6) is 3.65. The van der Waals surface area contributed by atoms with Crippen molar-refractivity contribution in [2.24, 2.45) is 0 Å². The molecule has 0 saturated heterocycles. The number of benzene rings is 4. The van der Waals surface area contributed by atoms with Crippen LogP contribution in [0.2, 0.25) is 0 Å². The van der Waals surface area contributed by atoms with Crippen LogP contribution >= 0.6 is 0 Å². The fourth-order valence-corrected chi connectivity index (χ4v) is 5.77. The molecule has 0 N–H and O–H groups in total. The van der Waals surface area contributed by atoms with Crippen LogP contribution in [0.4, 0.5) is 17.1 Å². The normalized spacial score (nSPS) is 14.0. The van der Waals surface area contributed by atoms with E-state index in [-0.39, 0.29) is 6.71 Å². The van der Waals surface area contributed by atoms with E-state index in [0.29, 0.717) is 0 Å². The van der Waals surface area contributed by atoms with Gasteiger partial charge in [-0.3, -0.25) is 0 Å². The van der Waals surface area contributed by atoms with Crippen molar-refractivity contribution in [3.05, 3.63) is 83.4 Å². The van der Waals surface area contributed by atoms with E-state index in [1.165, 1.54) is 44.7 Å². The summed E-state index contributed by atoms with van der Waals surface area (Å²) in [5, 5.41) is 0. The summed E-state index contributed by atoms with van der Waals surface area (Å²) in [6.45, 7) is 6.68. The Bertz CT molecular complexity index is 1340. The third-order valence-corrected chi connectivity index (χ3v) is 6.76. The molecule has 0 radical (unpaired) electrons. The molecule has 3 aliphatic rings. The van der Waals surface area contributed by atoms with Crippen LogP contribution in [0.25, 0.3) is 0 Å². The van der Waals surface area contributed by atoms with E-state index < -0.39 is 0 Å². The molecular weight excluding hydrogens is 381 g/mol. The van der Waals surface area contributed by atoms with Crippen molar-refractivity contribution in [3.63, 3.8) is 0 Å². The number of hydrogen-bond donors (Lipinski definition) is 0. The molecule has 0 bridgehead atoms. The molecule has 0 aliphatic carbocycles. The number of anilines is 3. The first-order valence-electron chi connectivity index (χ1n) is 10.7. The average Bonchev–Trinajstić information content (AvgIpc) is 2.75. The molecule has 0 fully saturated rings. The van der Waals surface area contributed by atoms with Gasteiger partial charge >= 0.3 is 0 Å². The van der Waals surface area contributed by atoms with E-state index >= 15 is 0 Å². The van der Waals surface area contributed by atoms with Crippen molar-refractivity contribution in [2.75, 3.05) is 4.90 Å². The maximum absolute atomic E-state index is 6.41. The molecule has 7 rings (SSSR count). The van der Waals surface area contributed by atoms with Gasteiger partial charge in [-0.2, -0.15) is 0 Å². The van der Waals surface area contributed by atoms with Gasteiger partial charge in [-0.05, 0) is 79.2 Å². The highest BCUT2D eigenvalue weighted by Crippen LogP contribution is 2.46. The fourth-order valence-electron chi connectivity index (χ4n) is 5.77. The molecule has 0 atom stereocenters. The number of hydrogen-bond acceptors (Lipinski definition) is 3. The lowest BCUT2D eigenvalue weighted by Crippen LogP contribution is -2.61. The molecule has 31 heavy (non-hydrogen) atoms. The number of aryl methyl sites for hydroxylation is 3. The molecule has 4 heteroatoms. The molecule has 3 aliphatic heterocycles. The topological polar surface area (TPSA) is 21.7 Å². The van der Waals surface area contributed by atoms with E-state index in [2.05, 4.69) is 74.2 Å². The van der Waals surface area contributed by atoms with Crippen molar-refractivity contribution in [1.82, 2.24) is 0 Å². The molecule has 0 amide bonds. The monoisotopic (exact) mass is 401 g/mol. The van der Waals surface area contributed by atoms with Crippen LogP contribution in [0.15, 0.2) is 66.7 Å². The number of ether oxygens (including phenoxy) is 2. The van der Waals surface area contributed by atoms with Crippen molar-refractivity contribution < 1.29 is 9.47 Å². The lowest BCUT2D eigenvalue weighted by molar-refractivity contribution is 0.464. The summed E-state index contributed by atoms with van der Waals surface area (Å²) in [6, 6.07) is 23.4. The summed E-state index contributed by atoms with van der Waals surface area (Å²) in [5.41, 5.74) is 11.0. The second-order valence-corrected chi connectivity index (χ2v) is 8.77. The minimum absolute atomic E-state index is 0.119. The van der Waals surface area contributed by atoms with Gasteiger partial charge in [0.15, 0.2) is 0 Å². The molecular formula is C27H20BNO2. The first-order chi connectivity index (χ1) is 15.1. The van der Waals surface area contributed by atoms with Crippen LogP contribution in [0, 0.1) is 20.8 Å². The van der Waals surface area contributed by atoms with Gasteiger partial charge in [-0.1, -0.05) is 35.9 Å². The molecule has 148 valence electrons. The van der Waals surface area contributed by atoms with E-state index in [1.807, 2.05) is 18.2 Å². The van der Waals surface area contributed by atoms with E-state index in [4.69, 9.17) is 9.47 Å². The molecule has 3 heterocycles. The molecule has 0 saturated carbocycles. The van der Waals surface area contributed by atoms with Crippen LogP contribution < -0.4 is 30.8 Å². The summed E-state index contributed by atoms with van der Waals surface area (Å²) in [6.07, 6.45) is 0. The molecule has 4 aromatic rings. The van der Waals surface area contributed by atoms with Crippen molar-refractivity contribution in [1.29, 1.82) is 0 Å². The minimum atomic E-state index is 0.119. The Balaban J connectivity index is 1.62. The predicted octanol–water partition coefficient (Wildman–Crippen LogP) is 5.12. The molecule has 0 spiro atoms. The van der Waals surface area contributed by atoms with Gasteiger partial charge in [0.05, 0.1) is 5.69 Å². The second kappa shape index (κ2) is 5.73. The zero-order chi connectivity index (χ0) is 20.9. The molecule has 3 nitrogen and oxygen atoms in total. The van der Waals surface area contributed by atoms with Gasteiger partial charge in [-0.25, -0.2) is 0 Å². The van der Waals surface area contributed by atoms with Gasteiger partial charge in [-0.15, -0.1) is 0 Å². The number of rotatable bonds is 1. The SMILES string of the molecule is Cc1cc(C)c(N2c3cccc4c3B3c5c(cccc5Oc5cccc2c53)O4)c(C)c1.